The Morgan fingerprint density at radius 2 is 1.91 bits per heavy atom. The van der Waals surface area contributed by atoms with Crippen LogP contribution in [0.2, 0.25) is 5.02 Å². The number of carbonyl (C=O) groups is 1. The Morgan fingerprint density at radius 1 is 1.12 bits per heavy atom. The van der Waals surface area contributed by atoms with Gasteiger partial charge in [0.2, 0.25) is 5.95 Å². The fourth-order valence-electron chi connectivity index (χ4n) is 3.06. The summed E-state index contributed by atoms with van der Waals surface area (Å²) in [5, 5.41) is 11.3. The highest BCUT2D eigenvalue weighted by Crippen LogP contribution is 2.19. The Bertz CT molecular complexity index is 1250. The fraction of sp³-hybridized carbons (Fsp3) is 0.217. The first-order valence-electron chi connectivity index (χ1n) is 10.3. The van der Waals surface area contributed by atoms with Gasteiger partial charge in [-0.05, 0) is 47.4 Å². The van der Waals surface area contributed by atoms with Crippen LogP contribution in [0.1, 0.15) is 41.4 Å². The van der Waals surface area contributed by atoms with Crippen molar-refractivity contribution < 1.29 is 13.9 Å². The minimum Gasteiger partial charge on any atom is -0.471 e. The second kappa shape index (κ2) is 9.83. The van der Waals surface area contributed by atoms with Crippen molar-refractivity contribution in [3.63, 3.8) is 0 Å². The van der Waals surface area contributed by atoms with Crippen LogP contribution >= 0.6 is 11.6 Å². The zero-order valence-electron chi connectivity index (χ0n) is 18.1. The lowest BCUT2D eigenvalue weighted by Crippen LogP contribution is -2.15. The van der Waals surface area contributed by atoms with Crippen molar-refractivity contribution in [2.75, 3.05) is 5.32 Å². The molecule has 0 unspecified atom stereocenters. The third kappa shape index (κ3) is 5.75. The van der Waals surface area contributed by atoms with Gasteiger partial charge in [0.1, 0.15) is 17.9 Å². The zero-order valence-corrected chi connectivity index (χ0v) is 18.8. The molecule has 0 saturated carbocycles. The van der Waals surface area contributed by atoms with Gasteiger partial charge in [-0.2, -0.15) is 5.10 Å². The van der Waals surface area contributed by atoms with Gasteiger partial charge in [-0.3, -0.25) is 10.1 Å². The first-order valence-corrected chi connectivity index (χ1v) is 10.7. The summed E-state index contributed by atoms with van der Waals surface area (Å²) in [4.78, 5) is 16.6. The number of ether oxygens (including phenoxy) is 1. The summed E-state index contributed by atoms with van der Waals surface area (Å²) in [6.45, 7) is 4.71. The minimum atomic E-state index is -0.451. The van der Waals surface area contributed by atoms with Crippen molar-refractivity contribution in [2.45, 2.75) is 33.0 Å². The first-order chi connectivity index (χ1) is 15.9. The largest absolute Gasteiger partial charge is 0.471 e. The van der Waals surface area contributed by atoms with E-state index < -0.39 is 11.7 Å². The third-order valence-corrected chi connectivity index (χ3v) is 5.24. The summed E-state index contributed by atoms with van der Waals surface area (Å²) >= 11 is 6.04. The molecule has 0 fully saturated rings. The standard InChI is InChI=1S/C23H22ClFN6O2/c1-15(2)16-4-7-19(8-5-16)33-14-30-10-9-21(28-30)22(32)27-23-26-13-31(29-23)12-17-3-6-18(25)11-20(17)24/h3-11,13,15H,12,14H2,1-2H3,(H,27,29,32). The molecule has 1 N–H and O–H groups in total. The maximum Gasteiger partial charge on any atom is 0.278 e. The highest BCUT2D eigenvalue weighted by molar-refractivity contribution is 6.31. The number of hydrogen-bond donors (Lipinski definition) is 1. The number of nitrogens with zero attached hydrogens (tertiary/aromatic N) is 5. The van der Waals surface area contributed by atoms with E-state index in [4.69, 9.17) is 16.3 Å². The molecule has 2 aromatic carbocycles. The van der Waals surface area contributed by atoms with E-state index in [-0.39, 0.29) is 24.9 Å². The fourth-order valence-corrected chi connectivity index (χ4v) is 3.29. The Hall–Kier alpha value is -3.72. The van der Waals surface area contributed by atoms with Gasteiger partial charge in [0.15, 0.2) is 12.4 Å². The van der Waals surface area contributed by atoms with Crippen LogP contribution in [-0.4, -0.2) is 30.5 Å². The number of hydrogen-bond acceptors (Lipinski definition) is 5. The van der Waals surface area contributed by atoms with Gasteiger partial charge in [-0.15, -0.1) is 5.10 Å². The molecule has 0 atom stereocenters. The van der Waals surface area contributed by atoms with Crippen molar-refractivity contribution in [3.05, 3.63) is 88.7 Å². The van der Waals surface area contributed by atoms with Crippen LogP contribution in [0.4, 0.5) is 10.3 Å². The lowest BCUT2D eigenvalue weighted by Gasteiger charge is -2.09. The van der Waals surface area contributed by atoms with Crippen molar-refractivity contribution in [3.8, 4) is 5.75 Å². The molecule has 0 radical (unpaired) electrons. The molecule has 0 spiro atoms. The van der Waals surface area contributed by atoms with E-state index >= 15 is 0 Å². The molecule has 170 valence electrons. The Morgan fingerprint density at radius 3 is 2.64 bits per heavy atom. The number of amides is 1. The van der Waals surface area contributed by atoms with Gasteiger partial charge in [0, 0.05) is 11.2 Å². The third-order valence-electron chi connectivity index (χ3n) is 4.89. The van der Waals surface area contributed by atoms with E-state index in [0.29, 0.717) is 16.5 Å². The highest BCUT2D eigenvalue weighted by atomic mass is 35.5. The SMILES string of the molecule is CC(C)c1ccc(OCn2ccc(C(=O)Nc3ncn(Cc4ccc(F)cc4Cl)n3)n2)cc1. The number of benzene rings is 2. The summed E-state index contributed by atoms with van der Waals surface area (Å²) in [6.07, 6.45) is 3.10. The molecule has 1 amide bonds. The number of halogens is 2. The van der Waals surface area contributed by atoms with Crippen molar-refractivity contribution in [1.82, 2.24) is 24.5 Å². The molecule has 0 bridgehead atoms. The molecule has 0 aliphatic rings. The summed E-state index contributed by atoms with van der Waals surface area (Å²) in [5.74, 6) is 0.427. The Kier molecular flexibility index (Phi) is 6.69. The number of anilines is 1. The highest BCUT2D eigenvalue weighted by Gasteiger charge is 2.13. The van der Waals surface area contributed by atoms with E-state index in [1.807, 2.05) is 24.3 Å². The number of carbonyl (C=O) groups excluding carboxylic acids is 1. The van der Waals surface area contributed by atoms with Crippen LogP contribution in [0.3, 0.4) is 0 Å². The zero-order chi connectivity index (χ0) is 23.4. The maximum absolute atomic E-state index is 13.2. The average Bonchev–Trinajstić information content (AvgIpc) is 3.44. The van der Waals surface area contributed by atoms with Gasteiger partial charge in [-0.1, -0.05) is 43.6 Å². The Balaban J connectivity index is 1.32. The topological polar surface area (TPSA) is 86.9 Å². The normalized spacial score (nSPS) is 11.1. The minimum absolute atomic E-state index is 0.120. The molecule has 0 aliphatic heterocycles. The van der Waals surface area contributed by atoms with Crippen LogP contribution in [-0.2, 0) is 13.3 Å². The van der Waals surface area contributed by atoms with Gasteiger partial charge in [0.05, 0.1) is 6.54 Å². The van der Waals surface area contributed by atoms with Crippen molar-refractivity contribution in [1.29, 1.82) is 0 Å². The van der Waals surface area contributed by atoms with E-state index in [2.05, 4.69) is 34.3 Å². The molecule has 2 heterocycles. The molecule has 0 saturated heterocycles. The van der Waals surface area contributed by atoms with Crippen LogP contribution in [0.15, 0.2) is 61.1 Å². The van der Waals surface area contributed by atoms with Crippen molar-refractivity contribution in [2.24, 2.45) is 0 Å². The van der Waals surface area contributed by atoms with Crippen LogP contribution in [0.25, 0.3) is 0 Å². The summed E-state index contributed by atoms with van der Waals surface area (Å²) in [6, 6.07) is 13.6. The number of aromatic nitrogens is 5. The summed E-state index contributed by atoms with van der Waals surface area (Å²) < 4.78 is 21.9. The van der Waals surface area contributed by atoms with Gasteiger partial charge < -0.3 is 4.74 Å². The second-order valence-corrected chi connectivity index (χ2v) is 8.10. The molecule has 2 aromatic heterocycles. The maximum atomic E-state index is 13.2. The van der Waals surface area contributed by atoms with Crippen LogP contribution in [0, 0.1) is 5.82 Å². The molecule has 33 heavy (non-hydrogen) atoms. The summed E-state index contributed by atoms with van der Waals surface area (Å²) in [5.41, 5.74) is 2.11. The second-order valence-electron chi connectivity index (χ2n) is 7.69. The molecule has 4 rings (SSSR count). The summed E-state index contributed by atoms with van der Waals surface area (Å²) in [7, 11) is 0. The molecule has 8 nitrogen and oxygen atoms in total. The van der Waals surface area contributed by atoms with Gasteiger partial charge in [-0.25, -0.2) is 18.7 Å². The van der Waals surface area contributed by atoms with Crippen molar-refractivity contribution >= 4 is 23.5 Å². The van der Waals surface area contributed by atoms with E-state index in [1.54, 1.807) is 18.3 Å². The molecule has 0 aliphatic carbocycles. The average molecular weight is 469 g/mol. The van der Waals surface area contributed by atoms with E-state index in [9.17, 15) is 9.18 Å². The lowest BCUT2D eigenvalue weighted by atomic mass is 10.0. The van der Waals surface area contributed by atoms with Gasteiger partial charge >= 0.3 is 0 Å². The lowest BCUT2D eigenvalue weighted by molar-refractivity contribution is 0.101. The monoisotopic (exact) mass is 468 g/mol. The predicted molar refractivity (Wildman–Crippen MR) is 122 cm³/mol. The quantitative estimate of drug-likeness (QED) is 0.404. The van der Waals surface area contributed by atoms with Crippen LogP contribution in [0.5, 0.6) is 5.75 Å². The Labute approximate surface area is 195 Å². The molecular formula is C23H22ClFN6O2. The van der Waals surface area contributed by atoms with E-state index in [0.717, 1.165) is 5.75 Å². The molecule has 10 heteroatoms. The number of rotatable bonds is 8. The molecular weight excluding hydrogens is 447 g/mol. The number of nitrogens with one attached hydrogen (secondary N) is 1. The van der Waals surface area contributed by atoms with Gasteiger partial charge in [0.25, 0.3) is 5.91 Å². The van der Waals surface area contributed by atoms with E-state index in [1.165, 1.54) is 33.4 Å². The first kappa shape index (κ1) is 22.5. The van der Waals surface area contributed by atoms with Crippen LogP contribution < -0.4 is 10.1 Å². The predicted octanol–water partition coefficient (Wildman–Crippen LogP) is 4.73. The smallest absolute Gasteiger partial charge is 0.278 e. The molecule has 4 aromatic rings.